The molecule has 0 fully saturated rings. The lowest BCUT2D eigenvalue weighted by atomic mass is 9.78. The first-order valence-corrected chi connectivity index (χ1v) is 12.6. The maximum atomic E-state index is 13.8. The zero-order chi connectivity index (χ0) is 26.1. The minimum absolute atomic E-state index is 0.0278. The second kappa shape index (κ2) is 10.3. The van der Waals surface area contributed by atoms with Crippen molar-refractivity contribution in [3.63, 3.8) is 0 Å². The summed E-state index contributed by atoms with van der Waals surface area (Å²) in [5.41, 5.74) is 4.97. The lowest BCUT2D eigenvalue weighted by Crippen LogP contribution is -2.27. The van der Waals surface area contributed by atoms with Crippen LogP contribution in [0.1, 0.15) is 42.9 Å². The van der Waals surface area contributed by atoms with Gasteiger partial charge in [-0.3, -0.25) is 4.79 Å². The number of Topliss-reactive ketones (excluding diaryl/α,β-unsaturated/α-hetero) is 1. The average molecular weight is 521 g/mol. The number of carbonyl (C=O) groups is 1. The number of nitrogens with one attached hydrogen (secondary N) is 2. The van der Waals surface area contributed by atoms with Gasteiger partial charge in [0.05, 0.1) is 43.3 Å². The number of phenolic OH excluding ortho intramolecular Hbond substituents is 1. The molecule has 2 atom stereocenters. The summed E-state index contributed by atoms with van der Waals surface area (Å²) in [5.74, 6) is 1.44. The molecule has 1 aliphatic heterocycles. The number of hydrogen-bond acceptors (Lipinski definition) is 7. The molecule has 0 radical (unpaired) electrons. The number of ether oxygens (including phenoxy) is 3. The Morgan fingerprint density at radius 1 is 0.946 bits per heavy atom. The van der Waals surface area contributed by atoms with Gasteiger partial charge < -0.3 is 30.0 Å². The second-order valence-corrected chi connectivity index (χ2v) is 9.47. The number of carbonyl (C=O) groups excluding carboxylic acids is 1. The van der Waals surface area contributed by atoms with Crippen molar-refractivity contribution < 1.29 is 24.1 Å². The fourth-order valence-electron chi connectivity index (χ4n) is 5.11. The van der Waals surface area contributed by atoms with E-state index in [-0.39, 0.29) is 28.2 Å². The second-order valence-electron chi connectivity index (χ2n) is 9.07. The Hall–Kier alpha value is -3.84. The van der Waals surface area contributed by atoms with Gasteiger partial charge in [0.25, 0.3) is 0 Å². The molecule has 2 unspecified atom stereocenters. The summed E-state index contributed by atoms with van der Waals surface area (Å²) in [4.78, 5) is 13.8. The summed E-state index contributed by atoms with van der Waals surface area (Å²) in [6.07, 6.45) is 0.975. The van der Waals surface area contributed by atoms with E-state index in [0.29, 0.717) is 36.5 Å². The standard InChI is InChI=1S/C29H29ClN2O5/c1-4-37-24-10-9-16(14-25(24)35-2)17-12-22-27(23(33)13-17)28(32-21-8-6-5-7-20(21)31-22)18-11-19(30)29(34)26(15-18)36-3/h5-11,14-15,17,28,31-32,34H,4,12-13H2,1-3H3. The van der Waals surface area contributed by atoms with Crippen LogP contribution in [-0.4, -0.2) is 31.7 Å². The first-order chi connectivity index (χ1) is 17.9. The highest BCUT2D eigenvalue weighted by Crippen LogP contribution is 2.47. The Morgan fingerprint density at radius 3 is 2.41 bits per heavy atom. The molecule has 1 aliphatic carbocycles. The SMILES string of the molecule is CCOc1ccc(C2CC(=O)C3=C(C2)Nc2ccccc2NC3c2cc(Cl)c(O)c(OC)c2)cc1OC. The van der Waals surface area contributed by atoms with Gasteiger partial charge in [-0.05, 0) is 66.8 Å². The monoisotopic (exact) mass is 520 g/mol. The van der Waals surface area contributed by atoms with E-state index in [4.69, 9.17) is 25.8 Å². The first kappa shape index (κ1) is 24.8. The maximum Gasteiger partial charge on any atom is 0.176 e. The molecule has 2 aliphatic rings. The number of benzene rings is 3. The van der Waals surface area contributed by atoms with Gasteiger partial charge in [-0.2, -0.15) is 0 Å². The highest BCUT2D eigenvalue weighted by Gasteiger charge is 2.36. The van der Waals surface area contributed by atoms with Gasteiger partial charge in [0, 0.05) is 17.7 Å². The van der Waals surface area contributed by atoms with Crippen LogP contribution in [0.2, 0.25) is 5.02 Å². The van der Waals surface area contributed by atoms with Gasteiger partial charge in [-0.15, -0.1) is 0 Å². The topological polar surface area (TPSA) is 89.1 Å². The van der Waals surface area contributed by atoms with Gasteiger partial charge >= 0.3 is 0 Å². The van der Waals surface area contributed by atoms with E-state index in [9.17, 15) is 9.90 Å². The van der Waals surface area contributed by atoms with Crippen molar-refractivity contribution >= 4 is 28.8 Å². The Kier molecular flexibility index (Phi) is 6.89. The summed E-state index contributed by atoms with van der Waals surface area (Å²) in [5, 5.41) is 17.5. The number of ketones is 1. The summed E-state index contributed by atoms with van der Waals surface area (Å²) < 4.78 is 16.6. The number of aromatic hydroxyl groups is 1. The predicted molar refractivity (Wildman–Crippen MR) is 144 cm³/mol. The number of allylic oxidation sites excluding steroid dienone is 1. The van der Waals surface area contributed by atoms with Gasteiger partial charge in [0.2, 0.25) is 0 Å². The van der Waals surface area contributed by atoms with Crippen molar-refractivity contribution in [3.05, 3.63) is 82.0 Å². The van der Waals surface area contributed by atoms with E-state index in [1.807, 2.05) is 49.4 Å². The van der Waals surface area contributed by atoms with E-state index in [1.165, 1.54) is 7.11 Å². The summed E-state index contributed by atoms with van der Waals surface area (Å²) in [7, 11) is 3.09. The third kappa shape index (κ3) is 4.67. The van der Waals surface area contributed by atoms with Gasteiger partial charge in [-0.25, -0.2) is 0 Å². The molecule has 192 valence electrons. The fourth-order valence-corrected chi connectivity index (χ4v) is 5.33. The zero-order valence-corrected chi connectivity index (χ0v) is 21.7. The molecule has 37 heavy (non-hydrogen) atoms. The normalized spacial score (nSPS) is 18.6. The highest BCUT2D eigenvalue weighted by molar-refractivity contribution is 6.32. The molecule has 0 amide bonds. The fraction of sp³-hybridized carbons (Fsp3) is 0.276. The first-order valence-electron chi connectivity index (χ1n) is 12.2. The average Bonchev–Trinajstić information content (AvgIpc) is 3.07. The Balaban J connectivity index is 1.59. The predicted octanol–water partition coefficient (Wildman–Crippen LogP) is 6.44. The molecule has 0 spiro atoms. The van der Waals surface area contributed by atoms with E-state index < -0.39 is 6.04 Å². The van der Waals surface area contributed by atoms with Gasteiger partial charge in [0.15, 0.2) is 28.8 Å². The highest BCUT2D eigenvalue weighted by atomic mass is 35.5. The van der Waals surface area contributed by atoms with Crippen molar-refractivity contribution in [2.45, 2.75) is 31.7 Å². The Morgan fingerprint density at radius 2 is 1.68 bits per heavy atom. The van der Waals surface area contributed by atoms with Crippen LogP contribution in [0.4, 0.5) is 11.4 Å². The van der Waals surface area contributed by atoms with Crippen LogP contribution >= 0.6 is 11.6 Å². The van der Waals surface area contributed by atoms with Crippen LogP contribution in [0.25, 0.3) is 0 Å². The number of halogens is 1. The van der Waals surface area contributed by atoms with Crippen LogP contribution < -0.4 is 24.8 Å². The Bertz CT molecular complexity index is 1390. The summed E-state index contributed by atoms with van der Waals surface area (Å²) in [6, 6.07) is 16.6. The van der Waals surface area contributed by atoms with E-state index in [1.54, 1.807) is 19.2 Å². The van der Waals surface area contributed by atoms with Crippen LogP contribution in [-0.2, 0) is 4.79 Å². The molecule has 1 heterocycles. The van der Waals surface area contributed by atoms with E-state index >= 15 is 0 Å². The van der Waals surface area contributed by atoms with Crippen molar-refractivity contribution in [3.8, 4) is 23.0 Å². The number of phenols is 1. The number of hydrogen-bond donors (Lipinski definition) is 3. The molecule has 0 saturated heterocycles. The molecular formula is C29H29ClN2O5. The third-order valence-electron chi connectivity index (χ3n) is 6.87. The minimum Gasteiger partial charge on any atom is -0.503 e. The van der Waals surface area contributed by atoms with E-state index in [0.717, 1.165) is 28.2 Å². The molecule has 8 heteroatoms. The number of rotatable bonds is 6. The molecule has 3 N–H and O–H groups in total. The van der Waals surface area contributed by atoms with Crippen LogP contribution in [0, 0.1) is 0 Å². The minimum atomic E-state index is -0.485. The molecule has 0 bridgehead atoms. The molecule has 3 aromatic rings. The Labute approximate surface area is 221 Å². The number of methoxy groups -OCH3 is 2. The quantitative estimate of drug-likeness (QED) is 0.344. The van der Waals surface area contributed by atoms with Crippen molar-refractivity contribution in [2.24, 2.45) is 0 Å². The van der Waals surface area contributed by atoms with Crippen LogP contribution in [0.5, 0.6) is 23.0 Å². The molecule has 0 aromatic heterocycles. The lowest BCUT2D eigenvalue weighted by molar-refractivity contribution is -0.116. The van der Waals surface area contributed by atoms with Gasteiger partial charge in [-0.1, -0.05) is 29.8 Å². The van der Waals surface area contributed by atoms with E-state index in [2.05, 4.69) is 10.6 Å². The zero-order valence-electron chi connectivity index (χ0n) is 20.9. The number of anilines is 2. The van der Waals surface area contributed by atoms with Crippen molar-refractivity contribution in [1.82, 2.24) is 0 Å². The molecular weight excluding hydrogens is 492 g/mol. The van der Waals surface area contributed by atoms with Crippen molar-refractivity contribution in [2.75, 3.05) is 31.5 Å². The maximum absolute atomic E-state index is 13.8. The lowest BCUT2D eigenvalue weighted by Gasteiger charge is -2.30. The smallest absolute Gasteiger partial charge is 0.176 e. The van der Waals surface area contributed by atoms with Gasteiger partial charge in [0.1, 0.15) is 0 Å². The summed E-state index contributed by atoms with van der Waals surface area (Å²) >= 11 is 6.34. The van der Waals surface area contributed by atoms with Crippen molar-refractivity contribution in [1.29, 1.82) is 0 Å². The molecule has 0 saturated carbocycles. The van der Waals surface area contributed by atoms with Crippen LogP contribution in [0.15, 0.2) is 65.9 Å². The molecule has 7 nitrogen and oxygen atoms in total. The molecule has 5 rings (SSSR count). The molecule has 3 aromatic carbocycles. The number of fused-ring (bicyclic) bond motifs is 1. The third-order valence-corrected chi connectivity index (χ3v) is 7.16. The largest absolute Gasteiger partial charge is 0.503 e. The number of para-hydroxylation sites is 2. The van der Waals surface area contributed by atoms with Crippen LogP contribution in [0.3, 0.4) is 0 Å². The summed E-state index contributed by atoms with van der Waals surface area (Å²) in [6.45, 7) is 2.47.